The molecule has 0 N–H and O–H groups in total. The topological polar surface area (TPSA) is 44.8 Å². The Balaban J connectivity index is 3.77. The molecule has 0 radical (unpaired) electrons. The molecule has 0 saturated heterocycles. The fraction of sp³-hybridized carbons (Fsp3) is 0.929. The van der Waals surface area contributed by atoms with Gasteiger partial charge in [-0.3, -0.25) is 4.79 Å². The number of rotatable bonds is 13. The highest BCUT2D eigenvalue weighted by Crippen LogP contribution is 2.19. The second-order valence-corrected chi connectivity index (χ2v) is 8.73. The van der Waals surface area contributed by atoms with Crippen molar-refractivity contribution in [2.24, 2.45) is 0 Å². The summed E-state index contributed by atoms with van der Waals surface area (Å²) in [6.07, 6.45) is 7.43. The van der Waals surface area contributed by atoms with Crippen LogP contribution in [0.5, 0.6) is 0 Å². The van der Waals surface area contributed by atoms with Gasteiger partial charge in [-0.25, -0.2) is 0 Å². The maximum atomic E-state index is 11.7. The van der Waals surface area contributed by atoms with Gasteiger partial charge in [0.05, 0.1) is 5.94 Å². The quantitative estimate of drug-likeness (QED) is 0.288. The zero-order valence-corrected chi connectivity index (χ0v) is 15.2. The minimum atomic E-state index is -2.53. The fourth-order valence-corrected chi connectivity index (χ4v) is 4.86. The van der Waals surface area contributed by atoms with Crippen LogP contribution in [-0.4, -0.2) is 34.1 Å². The molecule has 0 aliphatic rings. The van der Waals surface area contributed by atoms with E-state index >= 15 is 0 Å². The van der Waals surface area contributed by atoms with Crippen LogP contribution in [0.25, 0.3) is 0 Å². The van der Waals surface area contributed by atoms with Gasteiger partial charge in [0, 0.05) is 26.7 Å². The molecule has 0 spiro atoms. The van der Waals surface area contributed by atoms with Gasteiger partial charge in [-0.05, 0) is 6.42 Å². The lowest BCUT2D eigenvalue weighted by Gasteiger charge is -2.25. The highest BCUT2D eigenvalue weighted by Gasteiger charge is 2.37. The fourth-order valence-electron chi connectivity index (χ4n) is 1.91. The summed E-state index contributed by atoms with van der Waals surface area (Å²) in [4.78, 5) is 11.7. The summed E-state index contributed by atoms with van der Waals surface area (Å²) in [5, 5.41) is 0.202. The summed E-state index contributed by atoms with van der Waals surface area (Å²) in [6.45, 7) is 4.26. The van der Waals surface area contributed by atoms with Crippen molar-refractivity contribution in [3.8, 4) is 0 Å². The standard InChI is InChI=1S/C14H30O4SSi/c1-5-7-8-9-10-11-14(15)19-13-18-20(16-3,17-4)12-6-2/h5-13H2,1-4H3. The molecule has 6 heteroatoms. The zero-order valence-electron chi connectivity index (χ0n) is 13.4. The van der Waals surface area contributed by atoms with E-state index in [-0.39, 0.29) is 5.12 Å². The van der Waals surface area contributed by atoms with Gasteiger partial charge < -0.3 is 13.3 Å². The molecule has 0 fully saturated rings. The van der Waals surface area contributed by atoms with Gasteiger partial charge in [0.2, 0.25) is 0 Å². The summed E-state index contributed by atoms with van der Waals surface area (Å²) in [5.41, 5.74) is 0. The van der Waals surface area contributed by atoms with Crippen molar-refractivity contribution >= 4 is 25.7 Å². The molecule has 0 aliphatic heterocycles. The SMILES string of the molecule is CCCCCCCC(=O)SCO[Si](CCC)(OC)OC. The second kappa shape index (κ2) is 12.8. The van der Waals surface area contributed by atoms with E-state index < -0.39 is 8.80 Å². The largest absolute Gasteiger partial charge is 0.501 e. The van der Waals surface area contributed by atoms with Gasteiger partial charge in [-0.15, -0.1) is 0 Å². The van der Waals surface area contributed by atoms with Crippen LogP contribution in [0, 0.1) is 0 Å². The minimum absolute atomic E-state index is 0.202. The normalized spacial score (nSPS) is 11.8. The first-order valence-electron chi connectivity index (χ1n) is 7.54. The van der Waals surface area contributed by atoms with E-state index in [1.54, 1.807) is 14.2 Å². The summed E-state index contributed by atoms with van der Waals surface area (Å²) in [5.74, 6) is 0.335. The van der Waals surface area contributed by atoms with E-state index in [0.29, 0.717) is 12.4 Å². The van der Waals surface area contributed by atoms with Crippen LogP contribution in [0.15, 0.2) is 0 Å². The summed E-state index contributed by atoms with van der Waals surface area (Å²) in [6, 6.07) is 0.784. The van der Waals surface area contributed by atoms with Crippen LogP contribution in [0.4, 0.5) is 0 Å². The lowest BCUT2D eigenvalue weighted by molar-refractivity contribution is -0.111. The molecule has 0 heterocycles. The lowest BCUT2D eigenvalue weighted by atomic mass is 10.1. The maximum absolute atomic E-state index is 11.7. The Morgan fingerprint density at radius 3 is 2.20 bits per heavy atom. The number of thioether (sulfide) groups is 1. The third-order valence-corrected chi connectivity index (χ3v) is 7.07. The number of hydrogen-bond acceptors (Lipinski definition) is 5. The van der Waals surface area contributed by atoms with Gasteiger partial charge in [0.1, 0.15) is 0 Å². The Labute approximate surface area is 129 Å². The average Bonchev–Trinajstić information content (AvgIpc) is 2.46. The van der Waals surface area contributed by atoms with Gasteiger partial charge in [0.25, 0.3) is 0 Å². The van der Waals surface area contributed by atoms with Crippen molar-refractivity contribution in [1.29, 1.82) is 0 Å². The van der Waals surface area contributed by atoms with Gasteiger partial charge in [0.15, 0.2) is 5.12 Å². The second-order valence-electron chi connectivity index (χ2n) is 4.78. The highest BCUT2D eigenvalue weighted by molar-refractivity contribution is 8.13. The van der Waals surface area contributed by atoms with E-state index in [9.17, 15) is 4.79 Å². The number of carbonyl (C=O) groups excluding carboxylic acids is 1. The Bertz CT molecular complexity index is 247. The van der Waals surface area contributed by atoms with E-state index in [0.717, 1.165) is 25.3 Å². The zero-order chi connectivity index (χ0) is 15.3. The van der Waals surface area contributed by atoms with Crippen LogP contribution < -0.4 is 0 Å². The molecule has 0 saturated carbocycles. The molecule has 0 aliphatic carbocycles. The highest BCUT2D eigenvalue weighted by atomic mass is 32.2. The minimum Gasteiger partial charge on any atom is -0.377 e. The molecular formula is C14H30O4SSi. The number of carbonyl (C=O) groups is 1. The summed E-state index contributed by atoms with van der Waals surface area (Å²) in [7, 11) is 0.701. The Kier molecular flexibility index (Phi) is 12.9. The van der Waals surface area contributed by atoms with Crippen molar-refractivity contribution in [1.82, 2.24) is 0 Å². The first kappa shape index (κ1) is 20.1. The van der Waals surface area contributed by atoms with Crippen LogP contribution in [0.3, 0.4) is 0 Å². The predicted octanol–water partition coefficient (Wildman–Crippen LogP) is 4.22. The molecule has 0 aromatic rings. The molecule has 0 atom stereocenters. The molecule has 0 unspecified atom stereocenters. The number of hydrogen-bond donors (Lipinski definition) is 0. The molecule has 0 aromatic heterocycles. The van der Waals surface area contributed by atoms with E-state index in [1.807, 2.05) is 0 Å². The summed E-state index contributed by atoms with van der Waals surface area (Å²) < 4.78 is 16.5. The van der Waals surface area contributed by atoms with Gasteiger partial charge >= 0.3 is 8.80 Å². The van der Waals surface area contributed by atoms with E-state index in [2.05, 4.69) is 13.8 Å². The van der Waals surface area contributed by atoms with Crippen LogP contribution in [0.2, 0.25) is 6.04 Å². The molecule has 0 rings (SSSR count). The molecular weight excluding hydrogens is 292 g/mol. The van der Waals surface area contributed by atoms with Crippen molar-refractivity contribution in [2.75, 3.05) is 20.2 Å². The molecule has 4 nitrogen and oxygen atoms in total. The molecule has 120 valence electrons. The van der Waals surface area contributed by atoms with Crippen LogP contribution in [-0.2, 0) is 18.1 Å². The number of unbranched alkanes of at least 4 members (excludes halogenated alkanes) is 4. The monoisotopic (exact) mass is 322 g/mol. The van der Waals surface area contributed by atoms with Gasteiger partial charge in [-0.1, -0.05) is 57.7 Å². The third-order valence-electron chi connectivity index (χ3n) is 3.16. The predicted molar refractivity (Wildman–Crippen MR) is 86.8 cm³/mol. The van der Waals surface area contributed by atoms with Crippen LogP contribution >= 0.6 is 11.8 Å². The van der Waals surface area contributed by atoms with E-state index in [4.69, 9.17) is 13.3 Å². The maximum Gasteiger partial charge on any atom is 0.501 e. The Hall–Kier alpha value is 0.117. The molecule has 0 aromatic carbocycles. The van der Waals surface area contributed by atoms with Crippen molar-refractivity contribution in [3.63, 3.8) is 0 Å². The third kappa shape index (κ3) is 9.13. The molecule has 0 bridgehead atoms. The van der Waals surface area contributed by atoms with Gasteiger partial charge in [-0.2, -0.15) is 0 Å². The Morgan fingerprint density at radius 2 is 1.65 bits per heavy atom. The van der Waals surface area contributed by atoms with Crippen LogP contribution in [0.1, 0.15) is 58.8 Å². The smallest absolute Gasteiger partial charge is 0.377 e. The van der Waals surface area contributed by atoms with Crippen molar-refractivity contribution in [3.05, 3.63) is 0 Å². The van der Waals surface area contributed by atoms with E-state index in [1.165, 1.54) is 31.0 Å². The summed E-state index contributed by atoms with van der Waals surface area (Å²) >= 11 is 1.24. The molecule has 20 heavy (non-hydrogen) atoms. The van der Waals surface area contributed by atoms with Crippen molar-refractivity contribution in [2.45, 2.75) is 64.8 Å². The first-order chi connectivity index (χ1) is 9.64. The average molecular weight is 323 g/mol. The first-order valence-corrected chi connectivity index (χ1v) is 10.5. The van der Waals surface area contributed by atoms with Crippen molar-refractivity contribution < 1.29 is 18.1 Å². The lowest BCUT2D eigenvalue weighted by Crippen LogP contribution is -2.43. The molecule has 0 amide bonds. The Morgan fingerprint density at radius 1 is 1.00 bits per heavy atom.